The van der Waals surface area contributed by atoms with Crippen molar-refractivity contribution in [2.45, 2.75) is 40.2 Å². The number of benzene rings is 1. The van der Waals surface area contributed by atoms with Crippen molar-refractivity contribution >= 4 is 33.6 Å². The quantitative estimate of drug-likeness (QED) is 0.274. The van der Waals surface area contributed by atoms with Crippen molar-refractivity contribution in [3.8, 4) is 11.5 Å². The Hall–Kier alpha value is -4.37. The number of aryl methyl sites for hydroxylation is 1. The van der Waals surface area contributed by atoms with E-state index >= 15 is 4.39 Å². The second kappa shape index (κ2) is 9.74. The number of anilines is 2. The van der Waals surface area contributed by atoms with E-state index in [1.807, 2.05) is 49.4 Å². The number of halogens is 1. The van der Waals surface area contributed by atoms with Gasteiger partial charge in [0.15, 0.2) is 11.5 Å². The molecule has 4 aromatic heterocycles. The Morgan fingerprint density at radius 1 is 1.10 bits per heavy atom. The molecule has 1 aromatic carbocycles. The predicted molar refractivity (Wildman–Crippen MR) is 151 cm³/mol. The van der Waals surface area contributed by atoms with Gasteiger partial charge in [-0.3, -0.25) is 4.98 Å². The van der Waals surface area contributed by atoms with Crippen molar-refractivity contribution in [3.63, 3.8) is 0 Å². The van der Waals surface area contributed by atoms with Gasteiger partial charge in [-0.15, -0.1) is 0 Å². The SMILES string of the molecule is Cc1cc(Nc2c(F)cnc3ccc(C4=CCNC(C(C)(C)C)C4)nc23)ccc1Oc1ccn2ncnc2c1. The van der Waals surface area contributed by atoms with E-state index in [1.165, 1.54) is 12.5 Å². The average molecular weight is 524 g/mol. The van der Waals surface area contributed by atoms with E-state index in [0.717, 1.165) is 35.5 Å². The molecule has 5 heterocycles. The first-order chi connectivity index (χ1) is 18.7. The maximum absolute atomic E-state index is 15.1. The zero-order chi connectivity index (χ0) is 27.1. The van der Waals surface area contributed by atoms with E-state index in [9.17, 15) is 0 Å². The molecule has 0 fully saturated rings. The molecular formula is C30H30FN7O. The molecule has 1 aliphatic heterocycles. The Morgan fingerprint density at radius 2 is 1.97 bits per heavy atom. The van der Waals surface area contributed by atoms with Gasteiger partial charge in [-0.05, 0) is 66.3 Å². The number of nitrogens with zero attached hydrogens (tertiary/aromatic N) is 5. The van der Waals surface area contributed by atoms with Crippen LogP contribution >= 0.6 is 0 Å². The summed E-state index contributed by atoms with van der Waals surface area (Å²) < 4.78 is 22.9. The fourth-order valence-corrected chi connectivity index (χ4v) is 4.84. The average Bonchev–Trinajstić information content (AvgIpc) is 3.39. The number of fused-ring (bicyclic) bond motifs is 2. The molecule has 8 nitrogen and oxygen atoms in total. The van der Waals surface area contributed by atoms with E-state index in [1.54, 1.807) is 10.7 Å². The van der Waals surface area contributed by atoms with Crippen LogP contribution in [0.3, 0.4) is 0 Å². The van der Waals surface area contributed by atoms with Crippen LogP contribution < -0.4 is 15.4 Å². The summed E-state index contributed by atoms with van der Waals surface area (Å²) >= 11 is 0. The molecule has 0 saturated heterocycles. The predicted octanol–water partition coefficient (Wildman–Crippen LogP) is 6.45. The minimum atomic E-state index is -0.460. The second-order valence-corrected chi connectivity index (χ2v) is 10.9. The van der Waals surface area contributed by atoms with Crippen LogP contribution in [0.5, 0.6) is 11.5 Å². The number of hydrogen-bond donors (Lipinski definition) is 2. The molecule has 1 unspecified atom stereocenters. The lowest BCUT2D eigenvalue weighted by Gasteiger charge is -2.34. The first-order valence-corrected chi connectivity index (χ1v) is 13.0. The van der Waals surface area contributed by atoms with E-state index < -0.39 is 5.82 Å². The van der Waals surface area contributed by atoms with Crippen LogP contribution in [0.1, 0.15) is 38.4 Å². The van der Waals surface area contributed by atoms with Crippen molar-refractivity contribution < 1.29 is 9.13 Å². The monoisotopic (exact) mass is 523 g/mol. The number of pyridine rings is 3. The smallest absolute Gasteiger partial charge is 0.167 e. The summed E-state index contributed by atoms with van der Waals surface area (Å²) in [7, 11) is 0. The highest BCUT2D eigenvalue weighted by Gasteiger charge is 2.28. The van der Waals surface area contributed by atoms with Crippen LogP contribution in [0.15, 0.2) is 67.3 Å². The van der Waals surface area contributed by atoms with Gasteiger partial charge < -0.3 is 15.4 Å². The third-order valence-electron chi connectivity index (χ3n) is 7.10. The molecule has 39 heavy (non-hydrogen) atoms. The van der Waals surface area contributed by atoms with Crippen molar-refractivity contribution in [3.05, 3.63) is 84.3 Å². The molecule has 198 valence electrons. The maximum Gasteiger partial charge on any atom is 0.167 e. The summed E-state index contributed by atoms with van der Waals surface area (Å²) in [5.41, 5.74) is 5.86. The lowest BCUT2D eigenvalue weighted by atomic mass is 9.81. The number of aromatic nitrogens is 5. The van der Waals surface area contributed by atoms with Crippen molar-refractivity contribution in [2.75, 3.05) is 11.9 Å². The number of ether oxygens (including phenoxy) is 1. The third-order valence-corrected chi connectivity index (χ3v) is 7.10. The highest BCUT2D eigenvalue weighted by molar-refractivity contribution is 5.91. The summed E-state index contributed by atoms with van der Waals surface area (Å²) in [6.07, 6.45) is 7.55. The van der Waals surface area contributed by atoms with Crippen molar-refractivity contribution in [1.82, 2.24) is 29.9 Å². The lowest BCUT2D eigenvalue weighted by molar-refractivity contribution is 0.274. The van der Waals surface area contributed by atoms with Gasteiger partial charge in [0.2, 0.25) is 0 Å². The van der Waals surface area contributed by atoms with Crippen LogP contribution in [0.4, 0.5) is 15.8 Å². The van der Waals surface area contributed by atoms with Crippen molar-refractivity contribution in [1.29, 1.82) is 0 Å². The Bertz CT molecular complexity index is 1720. The van der Waals surface area contributed by atoms with Crippen molar-refractivity contribution in [2.24, 2.45) is 5.41 Å². The molecule has 1 atom stereocenters. The molecule has 1 aliphatic rings. The number of rotatable bonds is 5. The molecule has 2 N–H and O–H groups in total. The molecule has 6 rings (SSSR count). The van der Waals surface area contributed by atoms with Crippen LogP contribution in [0.2, 0.25) is 0 Å². The normalized spacial score (nSPS) is 15.9. The Labute approximate surface area is 226 Å². The standard InChI is InChI=1S/C30H30FN7O/c1-18-13-20(5-8-25(18)39-21-10-12-38-27(15-21)34-17-35-38)36-28-22(31)16-33-24-7-6-23(37-29(24)28)19-9-11-32-26(14-19)30(2,3)4/h5-10,12-13,15-17,26,32H,11,14H2,1-4H3,(H,33,36). The van der Waals surface area contributed by atoms with Crippen LogP contribution in [0.25, 0.3) is 22.3 Å². The van der Waals surface area contributed by atoms with Crippen LogP contribution in [-0.2, 0) is 0 Å². The minimum Gasteiger partial charge on any atom is -0.457 e. The van der Waals surface area contributed by atoms with Gasteiger partial charge in [0.1, 0.15) is 29.0 Å². The number of hydrogen-bond acceptors (Lipinski definition) is 7. The Kier molecular flexibility index (Phi) is 6.23. The molecule has 0 radical (unpaired) electrons. The third kappa shape index (κ3) is 5.05. The van der Waals surface area contributed by atoms with Gasteiger partial charge in [-0.2, -0.15) is 5.10 Å². The number of nitrogens with one attached hydrogen (secondary N) is 2. The summed E-state index contributed by atoms with van der Waals surface area (Å²) in [6, 6.07) is 13.5. The molecule has 0 bridgehead atoms. The zero-order valence-electron chi connectivity index (χ0n) is 22.4. The molecule has 5 aromatic rings. The maximum atomic E-state index is 15.1. The summed E-state index contributed by atoms with van der Waals surface area (Å²) in [5.74, 6) is 0.887. The molecule has 9 heteroatoms. The topological polar surface area (TPSA) is 89.3 Å². The van der Waals surface area contributed by atoms with Gasteiger partial charge in [-0.1, -0.05) is 26.8 Å². The Morgan fingerprint density at radius 3 is 2.79 bits per heavy atom. The molecule has 0 amide bonds. The van der Waals surface area contributed by atoms with Crippen LogP contribution in [0, 0.1) is 18.2 Å². The van der Waals surface area contributed by atoms with Gasteiger partial charge in [0.25, 0.3) is 0 Å². The molecule has 0 aliphatic carbocycles. The highest BCUT2D eigenvalue weighted by atomic mass is 19.1. The van der Waals surface area contributed by atoms with E-state index in [-0.39, 0.29) is 5.41 Å². The van der Waals surface area contributed by atoms with E-state index in [4.69, 9.17) is 9.72 Å². The highest BCUT2D eigenvalue weighted by Crippen LogP contribution is 2.34. The minimum absolute atomic E-state index is 0.119. The zero-order valence-corrected chi connectivity index (χ0v) is 22.4. The molecule has 0 spiro atoms. The lowest BCUT2D eigenvalue weighted by Crippen LogP contribution is -2.42. The van der Waals surface area contributed by atoms with E-state index in [2.05, 4.69) is 52.5 Å². The first kappa shape index (κ1) is 24.9. The van der Waals surface area contributed by atoms with Gasteiger partial charge >= 0.3 is 0 Å². The van der Waals surface area contributed by atoms with Gasteiger partial charge in [-0.25, -0.2) is 18.9 Å². The van der Waals surface area contributed by atoms with E-state index in [0.29, 0.717) is 39.9 Å². The molecule has 0 saturated carbocycles. The summed E-state index contributed by atoms with van der Waals surface area (Å²) in [6.45, 7) is 9.43. The Balaban J connectivity index is 1.28. The summed E-state index contributed by atoms with van der Waals surface area (Å²) in [4.78, 5) is 13.4. The van der Waals surface area contributed by atoms with Crippen LogP contribution in [-0.4, -0.2) is 37.2 Å². The first-order valence-electron chi connectivity index (χ1n) is 13.0. The summed E-state index contributed by atoms with van der Waals surface area (Å²) in [5, 5.41) is 10.9. The fourth-order valence-electron chi connectivity index (χ4n) is 4.84. The fraction of sp³-hybridized carbons (Fsp3) is 0.267. The largest absolute Gasteiger partial charge is 0.457 e. The van der Waals surface area contributed by atoms with Gasteiger partial charge in [0.05, 0.1) is 17.4 Å². The molecular weight excluding hydrogens is 493 g/mol. The second-order valence-electron chi connectivity index (χ2n) is 10.9. The van der Waals surface area contributed by atoms with Gasteiger partial charge in [0, 0.05) is 30.5 Å².